The molecule has 1 amide bonds. The molecule has 2 aliphatic rings. The van der Waals surface area contributed by atoms with E-state index in [-0.39, 0.29) is 5.91 Å². The minimum Gasteiger partial charge on any atom is -0.311 e. The fourth-order valence-corrected chi connectivity index (χ4v) is 4.76. The van der Waals surface area contributed by atoms with Crippen LogP contribution in [0.4, 0.5) is 5.69 Å². The fraction of sp³-hybridized carbons (Fsp3) is 0.346. The maximum Gasteiger partial charge on any atom is 0.227 e. The van der Waals surface area contributed by atoms with Gasteiger partial charge < -0.3 is 9.80 Å². The number of amides is 1. The molecule has 3 aromatic carbocycles. The van der Waals surface area contributed by atoms with E-state index in [1.54, 1.807) is 0 Å². The number of carbonyl (C=O) groups excluding carboxylic acids is 1. The lowest BCUT2D eigenvalue weighted by atomic mass is 9.95. The maximum absolute atomic E-state index is 12.8. The highest BCUT2D eigenvalue weighted by Gasteiger charge is 2.25. The standard InChI is InChI=1S/C26H28N2O/c29-26-13-12-21-9-11-24(23-10-8-20-6-2-3-7-22(20)18-23)19-25(21)28(26)17-16-27-14-4-1-5-15-27/h2-3,6-11,18-19H,1,4-5,12-17H2. The summed E-state index contributed by atoms with van der Waals surface area (Å²) >= 11 is 0. The summed E-state index contributed by atoms with van der Waals surface area (Å²) in [5.74, 6) is 0.269. The van der Waals surface area contributed by atoms with Crippen molar-refractivity contribution in [2.24, 2.45) is 0 Å². The van der Waals surface area contributed by atoms with Crippen molar-refractivity contribution in [3.63, 3.8) is 0 Å². The van der Waals surface area contributed by atoms with Crippen LogP contribution in [0.25, 0.3) is 21.9 Å². The van der Waals surface area contributed by atoms with Crippen LogP contribution in [-0.4, -0.2) is 37.0 Å². The summed E-state index contributed by atoms with van der Waals surface area (Å²) in [6, 6.07) is 21.7. The zero-order chi connectivity index (χ0) is 19.6. The molecule has 0 radical (unpaired) electrons. The lowest BCUT2D eigenvalue weighted by Gasteiger charge is -2.33. The molecule has 0 saturated carbocycles. The van der Waals surface area contributed by atoms with Gasteiger partial charge in [0.15, 0.2) is 0 Å². The van der Waals surface area contributed by atoms with Crippen molar-refractivity contribution in [2.75, 3.05) is 31.1 Å². The molecule has 148 valence electrons. The normalized spacial score (nSPS) is 17.5. The third-order valence-electron chi connectivity index (χ3n) is 6.46. The van der Waals surface area contributed by atoms with Gasteiger partial charge >= 0.3 is 0 Å². The Morgan fingerprint density at radius 1 is 0.724 bits per heavy atom. The summed E-state index contributed by atoms with van der Waals surface area (Å²) in [6.45, 7) is 4.12. The van der Waals surface area contributed by atoms with Gasteiger partial charge in [0.2, 0.25) is 5.91 Å². The van der Waals surface area contributed by atoms with Crippen LogP contribution in [0.5, 0.6) is 0 Å². The summed E-state index contributed by atoms with van der Waals surface area (Å²) in [5, 5.41) is 2.51. The summed E-state index contributed by atoms with van der Waals surface area (Å²) < 4.78 is 0. The van der Waals surface area contributed by atoms with Gasteiger partial charge in [-0.3, -0.25) is 4.79 Å². The van der Waals surface area contributed by atoms with Crippen LogP contribution in [0.1, 0.15) is 31.2 Å². The van der Waals surface area contributed by atoms with Crippen molar-refractivity contribution in [2.45, 2.75) is 32.1 Å². The first-order chi connectivity index (χ1) is 14.3. The second-order valence-corrected chi connectivity index (χ2v) is 8.35. The lowest BCUT2D eigenvalue weighted by Crippen LogP contribution is -2.42. The van der Waals surface area contributed by atoms with Crippen LogP contribution in [0.15, 0.2) is 60.7 Å². The van der Waals surface area contributed by atoms with E-state index in [4.69, 9.17) is 0 Å². The maximum atomic E-state index is 12.8. The zero-order valence-electron chi connectivity index (χ0n) is 16.9. The second-order valence-electron chi connectivity index (χ2n) is 8.35. The largest absolute Gasteiger partial charge is 0.311 e. The number of hydrogen-bond acceptors (Lipinski definition) is 2. The summed E-state index contributed by atoms with van der Waals surface area (Å²) in [7, 11) is 0. The minimum absolute atomic E-state index is 0.269. The molecule has 0 bridgehead atoms. The van der Waals surface area contributed by atoms with Crippen molar-refractivity contribution in [3.8, 4) is 11.1 Å². The number of carbonyl (C=O) groups is 1. The summed E-state index contributed by atoms with van der Waals surface area (Å²) in [4.78, 5) is 17.3. The molecule has 3 heteroatoms. The van der Waals surface area contributed by atoms with Gasteiger partial charge in [0.25, 0.3) is 0 Å². The molecule has 0 aromatic heterocycles. The van der Waals surface area contributed by atoms with Crippen LogP contribution in [-0.2, 0) is 11.2 Å². The Morgan fingerprint density at radius 3 is 2.34 bits per heavy atom. The summed E-state index contributed by atoms with van der Waals surface area (Å²) in [6.07, 6.45) is 5.40. The first-order valence-corrected chi connectivity index (χ1v) is 10.9. The predicted octanol–water partition coefficient (Wildman–Crippen LogP) is 5.27. The topological polar surface area (TPSA) is 23.6 Å². The van der Waals surface area contributed by atoms with Crippen LogP contribution in [0.3, 0.4) is 0 Å². The summed E-state index contributed by atoms with van der Waals surface area (Å²) in [5.41, 5.74) is 4.81. The number of likely N-dealkylation sites (tertiary alicyclic amines) is 1. The third-order valence-corrected chi connectivity index (χ3v) is 6.46. The predicted molar refractivity (Wildman–Crippen MR) is 120 cm³/mol. The van der Waals surface area contributed by atoms with Crippen LogP contribution in [0.2, 0.25) is 0 Å². The Balaban J connectivity index is 1.44. The molecular formula is C26H28N2O. The molecule has 0 spiro atoms. The molecule has 3 aromatic rings. The molecule has 3 nitrogen and oxygen atoms in total. The van der Waals surface area contributed by atoms with Crippen molar-refractivity contribution < 1.29 is 4.79 Å². The van der Waals surface area contributed by atoms with E-state index >= 15 is 0 Å². The second kappa shape index (κ2) is 8.00. The van der Waals surface area contributed by atoms with Gasteiger partial charge in [-0.2, -0.15) is 0 Å². The van der Waals surface area contributed by atoms with Gasteiger partial charge in [-0.25, -0.2) is 0 Å². The molecule has 2 heterocycles. The van der Waals surface area contributed by atoms with Gasteiger partial charge in [-0.15, -0.1) is 0 Å². The van der Waals surface area contributed by atoms with E-state index in [0.29, 0.717) is 6.42 Å². The molecular weight excluding hydrogens is 356 g/mol. The van der Waals surface area contributed by atoms with Crippen LogP contribution >= 0.6 is 0 Å². The number of fused-ring (bicyclic) bond motifs is 2. The zero-order valence-corrected chi connectivity index (χ0v) is 16.9. The molecule has 2 aliphatic heterocycles. The monoisotopic (exact) mass is 384 g/mol. The quantitative estimate of drug-likeness (QED) is 0.612. The van der Waals surface area contributed by atoms with E-state index in [9.17, 15) is 4.79 Å². The van der Waals surface area contributed by atoms with Gasteiger partial charge in [0, 0.05) is 25.2 Å². The minimum atomic E-state index is 0.269. The molecule has 0 unspecified atom stereocenters. The number of benzene rings is 3. The molecule has 29 heavy (non-hydrogen) atoms. The highest BCUT2D eigenvalue weighted by Crippen LogP contribution is 2.33. The van der Waals surface area contributed by atoms with Gasteiger partial charge in [0.1, 0.15) is 0 Å². The van der Waals surface area contributed by atoms with Crippen molar-refractivity contribution >= 4 is 22.4 Å². The Bertz CT molecular complexity index is 1040. The number of aryl methyl sites for hydroxylation is 1. The molecule has 5 rings (SSSR count). The number of nitrogens with zero attached hydrogens (tertiary/aromatic N) is 2. The highest BCUT2D eigenvalue weighted by atomic mass is 16.2. The first-order valence-electron chi connectivity index (χ1n) is 10.9. The molecule has 0 N–H and O–H groups in total. The van der Waals surface area contributed by atoms with Gasteiger partial charge in [-0.05, 0) is 71.9 Å². The average Bonchev–Trinajstić information content (AvgIpc) is 2.78. The van der Waals surface area contributed by atoms with E-state index < -0.39 is 0 Å². The Kier molecular flexibility index (Phi) is 5.07. The van der Waals surface area contributed by atoms with Crippen molar-refractivity contribution in [3.05, 3.63) is 66.2 Å². The first kappa shape index (κ1) is 18.4. The van der Waals surface area contributed by atoms with E-state index in [1.165, 1.54) is 59.8 Å². The Labute approximate surface area is 172 Å². The van der Waals surface area contributed by atoms with Crippen molar-refractivity contribution in [1.29, 1.82) is 0 Å². The Morgan fingerprint density at radius 2 is 1.48 bits per heavy atom. The molecule has 1 saturated heterocycles. The van der Waals surface area contributed by atoms with Crippen molar-refractivity contribution in [1.82, 2.24) is 4.90 Å². The average molecular weight is 385 g/mol. The number of piperidine rings is 1. The molecule has 0 aliphatic carbocycles. The Hall–Kier alpha value is -2.65. The van der Waals surface area contributed by atoms with E-state index in [2.05, 4.69) is 65.6 Å². The molecule has 1 fully saturated rings. The van der Waals surface area contributed by atoms with Crippen LogP contribution in [0, 0.1) is 0 Å². The number of rotatable bonds is 4. The molecule has 0 atom stereocenters. The number of hydrogen-bond donors (Lipinski definition) is 0. The van der Waals surface area contributed by atoms with Crippen LogP contribution < -0.4 is 4.90 Å². The third kappa shape index (κ3) is 3.79. The smallest absolute Gasteiger partial charge is 0.227 e. The van der Waals surface area contributed by atoms with E-state index in [1.807, 2.05) is 4.90 Å². The van der Waals surface area contributed by atoms with Gasteiger partial charge in [0.05, 0.1) is 0 Å². The van der Waals surface area contributed by atoms with Gasteiger partial charge in [-0.1, -0.05) is 55.0 Å². The highest BCUT2D eigenvalue weighted by molar-refractivity contribution is 5.97. The van der Waals surface area contributed by atoms with E-state index in [0.717, 1.165) is 25.2 Å². The number of anilines is 1. The lowest BCUT2D eigenvalue weighted by molar-refractivity contribution is -0.118. The fourth-order valence-electron chi connectivity index (χ4n) is 4.76. The SMILES string of the molecule is O=C1CCc2ccc(-c3ccc4ccccc4c3)cc2N1CCN1CCCCC1.